The molecular formula is C31H23N3O2S. The molecule has 5 nitrogen and oxygen atoms in total. The van der Waals surface area contributed by atoms with Gasteiger partial charge in [0.15, 0.2) is 0 Å². The Labute approximate surface area is 219 Å². The van der Waals surface area contributed by atoms with Gasteiger partial charge in [0.1, 0.15) is 5.60 Å². The number of nitriles is 2. The first-order valence-corrected chi connectivity index (χ1v) is 13.1. The second-order valence-electron chi connectivity index (χ2n) is 9.53. The van der Waals surface area contributed by atoms with E-state index >= 15 is 0 Å². The Balaban J connectivity index is 1.41. The third kappa shape index (κ3) is 4.11. The van der Waals surface area contributed by atoms with E-state index in [1.165, 1.54) is 5.56 Å². The first kappa shape index (κ1) is 23.2. The molecule has 2 aliphatic heterocycles. The van der Waals surface area contributed by atoms with Gasteiger partial charge in [0.05, 0.1) is 28.8 Å². The molecule has 3 heterocycles. The van der Waals surface area contributed by atoms with Crippen LogP contribution in [0.5, 0.6) is 0 Å². The smallest absolute Gasteiger partial charge is 0.340 e. The molecule has 0 unspecified atom stereocenters. The monoisotopic (exact) mass is 501 g/mol. The summed E-state index contributed by atoms with van der Waals surface area (Å²) in [6.07, 6.45) is 1.46. The van der Waals surface area contributed by atoms with Gasteiger partial charge in [-0.05, 0) is 41.0 Å². The molecular weight excluding hydrogens is 478 g/mol. The van der Waals surface area contributed by atoms with E-state index in [1.54, 1.807) is 23.5 Å². The SMILES string of the molecule is N#Cc1ccc(-c2sc(-c3ccc(C#N)cc3)c3c2C(=O)OC32CCN(Cc3ccccc3)CC2)cc1. The van der Waals surface area contributed by atoms with Crippen molar-refractivity contribution >= 4 is 17.3 Å². The highest BCUT2D eigenvalue weighted by Gasteiger charge is 2.51. The van der Waals surface area contributed by atoms with Crippen LogP contribution >= 0.6 is 11.3 Å². The second-order valence-corrected chi connectivity index (χ2v) is 10.6. The average molecular weight is 502 g/mol. The van der Waals surface area contributed by atoms with Crippen molar-refractivity contribution in [1.82, 2.24) is 4.90 Å². The molecule has 1 aromatic heterocycles. The summed E-state index contributed by atoms with van der Waals surface area (Å²) in [6, 6.07) is 29.7. The number of esters is 1. The number of thiophene rings is 1. The molecule has 1 saturated heterocycles. The number of fused-ring (bicyclic) bond motifs is 2. The zero-order chi connectivity index (χ0) is 25.4. The molecule has 1 spiro atoms. The number of benzene rings is 3. The van der Waals surface area contributed by atoms with Crippen LogP contribution in [0.3, 0.4) is 0 Å². The van der Waals surface area contributed by atoms with E-state index < -0.39 is 5.60 Å². The van der Waals surface area contributed by atoms with Crippen molar-refractivity contribution in [2.24, 2.45) is 0 Å². The predicted octanol–water partition coefficient (Wildman–Crippen LogP) is 6.49. The largest absolute Gasteiger partial charge is 0.450 e. The van der Waals surface area contributed by atoms with Crippen LogP contribution in [0.1, 0.15) is 45.5 Å². The van der Waals surface area contributed by atoms with E-state index in [-0.39, 0.29) is 5.97 Å². The van der Waals surface area contributed by atoms with E-state index in [2.05, 4.69) is 41.3 Å². The summed E-state index contributed by atoms with van der Waals surface area (Å²) in [4.78, 5) is 17.8. The number of nitrogens with zero attached hydrogens (tertiary/aromatic N) is 3. The molecule has 0 radical (unpaired) electrons. The second kappa shape index (κ2) is 9.33. The van der Waals surface area contributed by atoms with E-state index in [0.717, 1.165) is 58.9 Å². The maximum absolute atomic E-state index is 13.4. The molecule has 6 rings (SSSR count). The van der Waals surface area contributed by atoms with Gasteiger partial charge in [0.2, 0.25) is 0 Å². The number of likely N-dealkylation sites (tertiary alicyclic amines) is 1. The minimum atomic E-state index is -0.663. The molecule has 4 aromatic rings. The van der Waals surface area contributed by atoms with Crippen LogP contribution in [-0.4, -0.2) is 24.0 Å². The van der Waals surface area contributed by atoms with Gasteiger partial charge in [0.25, 0.3) is 0 Å². The van der Waals surface area contributed by atoms with Crippen LogP contribution in [-0.2, 0) is 16.9 Å². The van der Waals surface area contributed by atoms with Gasteiger partial charge in [-0.15, -0.1) is 11.3 Å². The zero-order valence-electron chi connectivity index (χ0n) is 20.1. The Kier molecular flexibility index (Phi) is 5.85. The van der Waals surface area contributed by atoms with Crippen LogP contribution < -0.4 is 0 Å². The average Bonchev–Trinajstić information content (AvgIpc) is 3.48. The first-order valence-electron chi connectivity index (χ1n) is 12.3. The normalized spacial score (nSPS) is 16.1. The third-order valence-corrected chi connectivity index (χ3v) is 8.61. The lowest BCUT2D eigenvalue weighted by atomic mass is 9.82. The topological polar surface area (TPSA) is 77.1 Å². The van der Waals surface area contributed by atoms with Gasteiger partial charge in [-0.2, -0.15) is 10.5 Å². The lowest BCUT2D eigenvalue weighted by Crippen LogP contribution is -2.42. The molecule has 3 aromatic carbocycles. The molecule has 0 bridgehead atoms. The van der Waals surface area contributed by atoms with Crippen molar-refractivity contribution in [2.45, 2.75) is 25.0 Å². The number of carbonyl (C=O) groups is 1. The van der Waals surface area contributed by atoms with E-state index in [9.17, 15) is 15.3 Å². The highest BCUT2D eigenvalue weighted by Crippen LogP contribution is 2.55. The molecule has 0 atom stereocenters. The van der Waals surface area contributed by atoms with Gasteiger partial charge in [-0.3, -0.25) is 4.90 Å². The third-order valence-electron chi connectivity index (χ3n) is 7.32. The lowest BCUT2D eigenvalue weighted by molar-refractivity contribution is -0.0437. The summed E-state index contributed by atoms with van der Waals surface area (Å²) in [5.41, 5.74) is 5.29. The molecule has 0 amide bonds. The fraction of sp³-hybridized carbons (Fsp3) is 0.194. The fourth-order valence-electron chi connectivity index (χ4n) is 5.40. The van der Waals surface area contributed by atoms with Gasteiger partial charge in [-0.25, -0.2) is 4.79 Å². The summed E-state index contributed by atoms with van der Waals surface area (Å²) >= 11 is 1.59. The van der Waals surface area contributed by atoms with Crippen molar-refractivity contribution in [3.05, 3.63) is 107 Å². The number of ether oxygens (including phenoxy) is 1. The number of hydrogen-bond donors (Lipinski definition) is 0. The van der Waals surface area contributed by atoms with E-state index in [0.29, 0.717) is 16.7 Å². The molecule has 37 heavy (non-hydrogen) atoms. The molecule has 180 valence electrons. The van der Waals surface area contributed by atoms with Crippen LogP contribution in [0.15, 0.2) is 78.9 Å². The minimum absolute atomic E-state index is 0.276. The highest BCUT2D eigenvalue weighted by molar-refractivity contribution is 7.19. The summed E-state index contributed by atoms with van der Waals surface area (Å²) in [5, 5.41) is 18.5. The van der Waals surface area contributed by atoms with Crippen molar-refractivity contribution in [3.63, 3.8) is 0 Å². The molecule has 1 fully saturated rings. The van der Waals surface area contributed by atoms with Crippen LogP contribution in [0, 0.1) is 22.7 Å². The summed E-state index contributed by atoms with van der Waals surface area (Å²) in [7, 11) is 0. The first-order chi connectivity index (χ1) is 18.1. The quantitative estimate of drug-likeness (QED) is 0.299. The lowest BCUT2D eigenvalue weighted by Gasteiger charge is -2.39. The predicted molar refractivity (Wildman–Crippen MR) is 143 cm³/mol. The number of hydrogen-bond acceptors (Lipinski definition) is 6. The summed E-state index contributed by atoms with van der Waals surface area (Å²) in [6.45, 7) is 2.53. The van der Waals surface area contributed by atoms with E-state index in [1.807, 2.05) is 42.5 Å². The van der Waals surface area contributed by atoms with E-state index in [4.69, 9.17) is 4.74 Å². The number of piperidine rings is 1. The van der Waals surface area contributed by atoms with Crippen molar-refractivity contribution in [2.75, 3.05) is 13.1 Å². The zero-order valence-corrected chi connectivity index (χ0v) is 20.9. The highest BCUT2D eigenvalue weighted by atomic mass is 32.1. The molecule has 2 aliphatic rings. The standard InChI is InChI=1S/C31H23N3O2S/c32-18-21-6-10-24(11-7-21)28-26-27(29(37-28)25-12-8-22(19-33)9-13-25)31(36-30(26)35)14-16-34(17-15-31)20-23-4-2-1-3-5-23/h1-13H,14-17,20H2. The molecule has 0 aliphatic carbocycles. The number of carbonyl (C=O) groups excluding carboxylic acids is 1. The Morgan fingerprint density at radius 1 is 0.811 bits per heavy atom. The van der Waals surface area contributed by atoms with Crippen molar-refractivity contribution in [3.8, 4) is 33.0 Å². The minimum Gasteiger partial charge on any atom is -0.450 e. The van der Waals surface area contributed by atoms with Gasteiger partial charge in [0, 0.05) is 47.8 Å². The Hall–Kier alpha value is -4.23. The van der Waals surface area contributed by atoms with Crippen LogP contribution in [0.25, 0.3) is 20.9 Å². The van der Waals surface area contributed by atoms with Crippen LogP contribution in [0.4, 0.5) is 0 Å². The molecule has 6 heteroatoms. The molecule has 0 N–H and O–H groups in total. The maximum atomic E-state index is 13.4. The van der Waals surface area contributed by atoms with Gasteiger partial charge >= 0.3 is 5.97 Å². The Morgan fingerprint density at radius 2 is 1.38 bits per heavy atom. The van der Waals surface area contributed by atoms with Gasteiger partial charge < -0.3 is 4.74 Å². The van der Waals surface area contributed by atoms with Crippen LogP contribution in [0.2, 0.25) is 0 Å². The summed E-state index contributed by atoms with van der Waals surface area (Å²) in [5.74, 6) is -0.276. The Bertz CT molecular complexity index is 1550. The van der Waals surface area contributed by atoms with Gasteiger partial charge in [-0.1, -0.05) is 54.6 Å². The number of rotatable bonds is 4. The Morgan fingerprint density at radius 3 is 1.95 bits per heavy atom. The maximum Gasteiger partial charge on any atom is 0.340 e. The summed E-state index contributed by atoms with van der Waals surface area (Å²) < 4.78 is 6.25. The fourth-order valence-corrected chi connectivity index (χ4v) is 6.79. The van der Waals surface area contributed by atoms with Crippen molar-refractivity contribution in [1.29, 1.82) is 10.5 Å². The molecule has 0 saturated carbocycles. The van der Waals surface area contributed by atoms with Crippen molar-refractivity contribution < 1.29 is 9.53 Å².